The largest absolute Gasteiger partial charge is 0.360 e. The summed E-state index contributed by atoms with van der Waals surface area (Å²) in [7, 11) is 0. The van der Waals surface area contributed by atoms with Crippen LogP contribution in [0.5, 0.6) is 0 Å². The van der Waals surface area contributed by atoms with Crippen molar-refractivity contribution in [2.24, 2.45) is 5.73 Å². The van der Waals surface area contributed by atoms with E-state index in [1.165, 1.54) is 0 Å². The molecule has 0 radical (unpaired) electrons. The van der Waals surface area contributed by atoms with Crippen LogP contribution in [0.25, 0.3) is 21.8 Å². The van der Waals surface area contributed by atoms with Crippen LogP contribution in [0.1, 0.15) is 63.2 Å². The maximum Gasteiger partial charge on any atom is 0.264 e. The Hall–Kier alpha value is -2.09. The summed E-state index contributed by atoms with van der Waals surface area (Å²) >= 11 is 6.53. The molecule has 1 aromatic carbocycles. The lowest BCUT2D eigenvalue weighted by atomic mass is 9.89. The number of nitrogens with one attached hydrogen (secondary N) is 1. The maximum atomic E-state index is 13.5. The monoisotopic (exact) mass is 478 g/mol. The number of nitrogens with zero attached hydrogens (tertiary/aromatic N) is 2. The van der Waals surface area contributed by atoms with E-state index in [4.69, 9.17) is 21.9 Å². The number of amides is 1. The van der Waals surface area contributed by atoms with E-state index < -0.39 is 5.54 Å². The molecular weight excluding hydrogens is 451 g/mol. The van der Waals surface area contributed by atoms with Crippen LogP contribution in [-0.2, 0) is 4.79 Å². The van der Waals surface area contributed by atoms with Gasteiger partial charge in [-0.1, -0.05) is 35.7 Å². The summed E-state index contributed by atoms with van der Waals surface area (Å²) in [5, 5.41) is 9.04. The maximum absolute atomic E-state index is 13.5. The fourth-order valence-electron chi connectivity index (χ4n) is 5.43. The van der Waals surface area contributed by atoms with Crippen molar-refractivity contribution in [3.63, 3.8) is 0 Å². The Morgan fingerprint density at radius 2 is 2.00 bits per heavy atom. The Bertz CT molecular complexity index is 1230. The van der Waals surface area contributed by atoms with Crippen LogP contribution in [0.15, 0.2) is 27.5 Å². The summed E-state index contributed by atoms with van der Waals surface area (Å²) in [5.41, 5.74) is 6.74. The van der Waals surface area contributed by atoms with Gasteiger partial charge in [0.15, 0.2) is 0 Å². The van der Waals surface area contributed by atoms with Crippen molar-refractivity contribution in [3.05, 3.63) is 39.3 Å². The van der Waals surface area contributed by atoms with E-state index in [1.54, 1.807) is 13.0 Å². The average Bonchev–Trinajstić information content (AvgIpc) is 3.36. The van der Waals surface area contributed by atoms with Crippen LogP contribution < -0.4 is 16.6 Å². The van der Waals surface area contributed by atoms with Crippen LogP contribution >= 0.6 is 24.0 Å². The summed E-state index contributed by atoms with van der Waals surface area (Å²) < 4.78 is 7.18. The van der Waals surface area contributed by atoms with Crippen LogP contribution in [0.4, 0.5) is 0 Å². The van der Waals surface area contributed by atoms with Crippen molar-refractivity contribution in [1.82, 2.24) is 15.0 Å². The number of fused-ring (bicyclic) bond motifs is 3. The SMILES string of the molecule is Cc1onc2c1c(=O)n(C1CCCC(NC(=O)C3(N)CCCC3)C1)c1cccc(Cl)c21.Cl. The Morgan fingerprint density at radius 3 is 2.75 bits per heavy atom. The molecule has 2 aromatic heterocycles. The highest BCUT2D eigenvalue weighted by Gasteiger charge is 2.38. The number of carbonyl (C=O) groups is 1. The summed E-state index contributed by atoms with van der Waals surface area (Å²) in [4.78, 5) is 26.4. The van der Waals surface area contributed by atoms with Crippen molar-refractivity contribution in [2.45, 2.75) is 75.9 Å². The lowest BCUT2D eigenvalue weighted by Crippen LogP contribution is -2.55. The summed E-state index contributed by atoms with van der Waals surface area (Å²) in [5.74, 6) is 0.434. The van der Waals surface area contributed by atoms with Gasteiger partial charge in [-0.25, -0.2) is 0 Å². The topological polar surface area (TPSA) is 103 Å². The Morgan fingerprint density at radius 1 is 1.25 bits per heavy atom. The average molecular weight is 479 g/mol. The molecule has 5 rings (SSSR count). The summed E-state index contributed by atoms with van der Waals surface area (Å²) in [6, 6.07) is 5.49. The molecule has 7 nitrogen and oxygen atoms in total. The lowest BCUT2D eigenvalue weighted by Gasteiger charge is -2.34. The van der Waals surface area contributed by atoms with Gasteiger partial charge in [-0.3, -0.25) is 9.59 Å². The molecule has 2 fully saturated rings. The van der Waals surface area contributed by atoms with Gasteiger partial charge in [0.2, 0.25) is 5.91 Å². The quantitative estimate of drug-likeness (QED) is 0.580. The normalized spacial score (nSPS) is 22.7. The molecule has 1 amide bonds. The zero-order chi connectivity index (χ0) is 21.8. The first-order valence-corrected chi connectivity index (χ1v) is 11.5. The molecule has 2 heterocycles. The Kier molecular flexibility index (Phi) is 6.27. The fourth-order valence-corrected chi connectivity index (χ4v) is 5.69. The van der Waals surface area contributed by atoms with Crippen molar-refractivity contribution in [2.75, 3.05) is 0 Å². The Balaban J connectivity index is 0.00000245. The third-order valence-electron chi connectivity index (χ3n) is 7.08. The van der Waals surface area contributed by atoms with Gasteiger partial charge in [0.25, 0.3) is 5.56 Å². The molecule has 2 aliphatic carbocycles. The standard InChI is InChI=1S/C23H27ClN4O3.ClH/c1-13-18-20(27-31-13)19-16(24)8-5-9-17(19)28(21(18)29)15-7-4-6-14(12-15)26-22(30)23(25)10-2-3-11-23;/h5,8-9,14-15H,2-4,6-7,10-12,25H2,1H3,(H,26,30);1H. The van der Waals surface area contributed by atoms with Gasteiger partial charge in [-0.05, 0) is 57.6 Å². The van der Waals surface area contributed by atoms with Crippen LogP contribution in [0, 0.1) is 6.92 Å². The van der Waals surface area contributed by atoms with Gasteiger partial charge in [0.05, 0.1) is 16.1 Å². The number of rotatable bonds is 3. The number of benzene rings is 1. The summed E-state index contributed by atoms with van der Waals surface area (Å²) in [6.07, 6.45) is 6.82. The molecule has 0 saturated heterocycles. The molecule has 3 aromatic rings. The number of aromatic nitrogens is 2. The second kappa shape index (κ2) is 8.69. The summed E-state index contributed by atoms with van der Waals surface area (Å²) in [6.45, 7) is 1.75. The highest BCUT2D eigenvalue weighted by Crippen LogP contribution is 2.36. The molecule has 32 heavy (non-hydrogen) atoms. The molecule has 172 valence electrons. The van der Waals surface area contributed by atoms with E-state index in [0.29, 0.717) is 28.1 Å². The van der Waals surface area contributed by atoms with E-state index in [1.807, 2.05) is 16.7 Å². The third-order valence-corrected chi connectivity index (χ3v) is 7.39. The van der Waals surface area contributed by atoms with Crippen molar-refractivity contribution in [1.29, 1.82) is 0 Å². The second-order valence-corrected chi connectivity index (χ2v) is 9.53. The van der Waals surface area contributed by atoms with E-state index >= 15 is 0 Å². The molecular formula is C23H28Cl2N4O3. The molecule has 0 spiro atoms. The first-order chi connectivity index (χ1) is 14.9. The molecule has 2 unspecified atom stereocenters. The van der Waals surface area contributed by atoms with Crippen molar-refractivity contribution in [3.8, 4) is 0 Å². The van der Waals surface area contributed by atoms with Gasteiger partial charge in [0, 0.05) is 17.5 Å². The minimum atomic E-state index is -0.748. The van der Waals surface area contributed by atoms with Crippen LogP contribution in [0.2, 0.25) is 5.02 Å². The van der Waals surface area contributed by atoms with Gasteiger partial charge in [-0.15, -0.1) is 12.4 Å². The van der Waals surface area contributed by atoms with Gasteiger partial charge in [0.1, 0.15) is 16.7 Å². The zero-order valence-electron chi connectivity index (χ0n) is 18.0. The molecule has 0 bridgehead atoms. The zero-order valence-corrected chi connectivity index (χ0v) is 19.6. The minimum absolute atomic E-state index is 0. The first-order valence-electron chi connectivity index (χ1n) is 11.1. The number of hydrogen-bond acceptors (Lipinski definition) is 5. The molecule has 2 aliphatic rings. The van der Waals surface area contributed by atoms with Crippen molar-refractivity contribution >= 4 is 51.7 Å². The van der Waals surface area contributed by atoms with Crippen LogP contribution in [-0.4, -0.2) is 27.2 Å². The van der Waals surface area contributed by atoms with E-state index in [9.17, 15) is 9.59 Å². The van der Waals surface area contributed by atoms with E-state index in [-0.39, 0.29) is 36.0 Å². The predicted molar refractivity (Wildman–Crippen MR) is 128 cm³/mol. The number of carbonyl (C=O) groups excluding carboxylic acids is 1. The number of pyridine rings is 1. The van der Waals surface area contributed by atoms with Crippen LogP contribution in [0.3, 0.4) is 0 Å². The second-order valence-electron chi connectivity index (χ2n) is 9.13. The number of halogens is 2. The molecule has 2 saturated carbocycles. The smallest absolute Gasteiger partial charge is 0.264 e. The van der Waals surface area contributed by atoms with Crippen molar-refractivity contribution < 1.29 is 9.32 Å². The Labute approximate surface area is 197 Å². The van der Waals surface area contributed by atoms with E-state index in [0.717, 1.165) is 55.8 Å². The molecule has 9 heteroatoms. The van der Waals surface area contributed by atoms with Gasteiger partial charge >= 0.3 is 0 Å². The molecule has 3 N–H and O–H groups in total. The third kappa shape index (κ3) is 3.70. The molecule has 0 aliphatic heterocycles. The fraction of sp³-hybridized carbons (Fsp3) is 0.522. The first kappa shape index (κ1) is 23.1. The van der Waals surface area contributed by atoms with E-state index in [2.05, 4.69) is 10.5 Å². The lowest BCUT2D eigenvalue weighted by molar-refractivity contribution is -0.127. The molecule has 2 atom stereocenters. The number of hydrogen-bond donors (Lipinski definition) is 2. The predicted octanol–water partition coefficient (Wildman–Crippen LogP) is 4.40. The van der Waals surface area contributed by atoms with Gasteiger partial charge < -0.3 is 20.1 Å². The minimum Gasteiger partial charge on any atom is -0.360 e. The number of nitrogens with two attached hydrogens (primary N) is 1. The number of aryl methyl sites for hydroxylation is 1. The van der Waals surface area contributed by atoms with Gasteiger partial charge in [-0.2, -0.15) is 0 Å². The highest BCUT2D eigenvalue weighted by molar-refractivity contribution is 6.37. The highest BCUT2D eigenvalue weighted by atomic mass is 35.5.